The molecule has 0 fully saturated rings. The van der Waals surface area contributed by atoms with Crippen molar-refractivity contribution in [1.29, 1.82) is 0 Å². The summed E-state index contributed by atoms with van der Waals surface area (Å²) in [5.41, 5.74) is 1.69. The number of ether oxygens (including phenoxy) is 1. The van der Waals surface area contributed by atoms with E-state index in [0.717, 1.165) is 0 Å². The molecule has 4 N–H and O–H groups in total. The second-order valence-corrected chi connectivity index (χ2v) is 4.82. The average molecular weight is 290 g/mol. The fourth-order valence-electron chi connectivity index (χ4n) is 2.09. The van der Waals surface area contributed by atoms with Crippen molar-refractivity contribution in [3.05, 3.63) is 58.7 Å². The maximum Gasteiger partial charge on any atom is 0.185 e. The fraction of sp³-hybridized carbons (Fsp3) is 0.250. The molecule has 0 saturated carbocycles. The Balaban J connectivity index is 2.21. The van der Waals surface area contributed by atoms with E-state index in [0.29, 0.717) is 22.3 Å². The summed E-state index contributed by atoms with van der Waals surface area (Å²) in [5.74, 6) is 0.0800. The van der Waals surface area contributed by atoms with E-state index in [1.54, 1.807) is 38.1 Å². The normalized spacial score (nSPS) is 13.9. The number of hydrogen-bond acceptors (Lipinski definition) is 5. The van der Waals surface area contributed by atoms with Crippen LogP contribution in [0.5, 0.6) is 11.5 Å². The first-order valence-corrected chi connectivity index (χ1v) is 6.50. The lowest BCUT2D eigenvalue weighted by Gasteiger charge is -2.20. The molecule has 2 aromatic rings. The first-order chi connectivity index (χ1) is 9.91. The lowest BCUT2D eigenvalue weighted by Crippen LogP contribution is -2.11. The number of aliphatic hydroxyl groups excluding tert-OH is 2. The first kappa shape index (κ1) is 15.3. The van der Waals surface area contributed by atoms with E-state index >= 15 is 0 Å². The zero-order chi connectivity index (χ0) is 15.6. The molecule has 0 aliphatic carbocycles. The lowest BCUT2D eigenvalue weighted by atomic mass is 10.1. The predicted molar refractivity (Wildman–Crippen MR) is 76.7 cm³/mol. The summed E-state index contributed by atoms with van der Waals surface area (Å²) in [6.45, 7) is 3.28. The molecule has 0 amide bonds. The number of phenols is 2. The highest BCUT2D eigenvalue weighted by molar-refractivity contribution is 5.40. The summed E-state index contributed by atoms with van der Waals surface area (Å²) >= 11 is 0. The summed E-state index contributed by atoms with van der Waals surface area (Å²) in [4.78, 5) is 0. The summed E-state index contributed by atoms with van der Waals surface area (Å²) < 4.78 is 5.18. The molecule has 5 nitrogen and oxygen atoms in total. The molecule has 0 heterocycles. The summed E-state index contributed by atoms with van der Waals surface area (Å²) in [7, 11) is 0. The smallest absolute Gasteiger partial charge is 0.185 e. The highest BCUT2D eigenvalue weighted by atomic mass is 16.7. The van der Waals surface area contributed by atoms with Crippen molar-refractivity contribution in [2.75, 3.05) is 0 Å². The van der Waals surface area contributed by atoms with Gasteiger partial charge in [-0.3, -0.25) is 0 Å². The van der Waals surface area contributed by atoms with Crippen molar-refractivity contribution in [1.82, 2.24) is 0 Å². The Morgan fingerprint density at radius 2 is 1.14 bits per heavy atom. The third-order valence-corrected chi connectivity index (χ3v) is 3.48. The average Bonchev–Trinajstić information content (AvgIpc) is 2.44. The molecule has 2 unspecified atom stereocenters. The number of phenolic OH excluding ortho intramolecular Hbond substituents is 2. The molecule has 112 valence electrons. The van der Waals surface area contributed by atoms with Crippen LogP contribution < -0.4 is 0 Å². The Morgan fingerprint density at radius 3 is 1.52 bits per heavy atom. The second-order valence-electron chi connectivity index (χ2n) is 4.82. The zero-order valence-electron chi connectivity index (χ0n) is 11.8. The van der Waals surface area contributed by atoms with Crippen molar-refractivity contribution in [3.8, 4) is 11.5 Å². The van der Waals surface area contributed by atoms with E-state index in [-0.39, 0.29) is 11.5 Å². The van der Waals surface area contributed by atoms with Crippen molar-refractivity contribution in [2.24, 2.45) is 0 Å². The number of aliphatic hydroxyl groups is 2. The molecule has 0 radical (unpaired) electrons. The summed E-state index contributed by atoms with van der Waals surface area (Å²) in [5, 5.41) is 39.4. The van der Waals surface area contributed by atoms with Crippen LogP contribution in [0, 0.1) is 13.8 Å². The fourth-order valence-corrected chi connectivity index (χ4v) is 2.09. The molecule has 0 aliphatic rings. The quantitative estimate of drug-likeness (QED) is 0.649. The van der Waals surface area contributed by atoms with Crippen LogP contribution in [0.1, 0.15) is 34.8 Å². The van der Waals surface area contributed by atoms with Gasteiger partial charge in [-0.2, -0.15) is 0 Å². The Hall–Kier alpha value is -2.08. The first-order valence-electron chi connectivity index (χ1n) is 6.50. The van der Waals surface area contributed by atoms with Gasteiger partial charge in [0.15, 0.2) is 12.6 Å². The minimum Gasteiger partial charge on any atom is -0.508 e. The molecule has 2 aromatic carbocycles. The van der Waals surface area contributed by atoms with Gasteiger partial charge in [0.05, 0.1) is 0 Å². The molecule has 0 bridgehead atoms. The van der Waals surface area contributed by atoms with Gasteiger partial charge in [-0.05, 0) is 37.1 Å². The highest BCUT2D eigenvalue weighted by Gasteiger charge is 2.20. The van der Waals surface area contributed by atoms with Gasteiger partial charge in [0, 0.05) is 11.1 Å². The molecule has 2 rings (SSSR count). The Bertz CT molecular complexity index is 583. The number of aromatic hydroxyl groups is 2. The third-order valence-electron chi connectivity index (χ3n) is 3.48. The van der Waals surface area contributed by atoms with Crippen LogP contribution in [0.2, 0.25) is 0 Å². The van der Waals surface area contributed by atoms with Gasteiger partial charge in [0.25, 0.3) is 0 Å². The Labute approximate surface area is 122 Å². The van der Waals surface area contributed by atoms with Crippen LogP contribution in [-0.2, 0) is 4.74 Å². The van der Waals surface area contributed by atoms with Gasteiger partial charge in [-0.1, -0.05) is 24.3 Å². The van der Waals surface area contributed by atoms with Gasteiger partial charge < -0.3 is 25.2 Å². The van der Waals surface area contributed by atoms with Gasteiger partial charge in [-0.25, -0.2) is 0 Å². The van der Waals surface area contributed by atoms with E-state index in [2.05, 4.69) is 0 Å². The highest BCUT2D eigenvalue weighted by Crippen LogP contribution is 2.31. The van der Waals surface area contributed by atoms with Gasteiger partial charge in [0.1, 0.15) is 11.5 Å². The molecular weight excluding hydrogens is 272 g/mol. The zero-order valence-corrected chi connectivity index (χ0v) is 11.8. The van der Waals surface area contributed by atoms with Crippen LogP contribution in [0.25, 0.3) is 0 Å². The largest absolute Gasteiger partial charge is 0.508 e. The molecular formula is C16H18O5. The van der Waals surface area contributed by atoms with Crippen molar-refractivity contribution in [2.45, 2.75) is 26.4 Å². The number of benzene rings is 2. The van der Waals surface area contributed by atoms with E-state index in [1.807, 2.05) is 0 Å². The van der Waals surface area contributed by atoms with Gasteiger partial charge >= 0.3 is 0 Å². The summed E-state index contributed by atoms with van der Waals surface area (Å²) in [6, 6.07) is 9.36. The molecule has 0 aliphatic heterocycles. The lowest BCUT2D eigenvalue weighted by molar-refractivity contribution is -0.216. The van der Waals surface area contributed by atoms with Crippen molar-refractivity contribution < 1.29 is 25.2 Å². The predicted octanol–water partition coefficient (Wildman–Crippen LogP) is 2.41. The SMILES string of the molecule is Cc1c(O)cccc1C(O)OC(O)c1cccc(O)c1C. The van der Waals surface area contributed by atoms with Gasteiger partial charge in [-0.15, -0.1) is 0 Å². The van der Waals surface area contributed by atoms with Crippen LogP contribution in [0.15, 0.2) is 36.4 Å². The van der Waals surface area contributed by atoms with E-state index in [4.69, 9.17) is 4.74 Å². The third kappa shape index (κ3) is 3.16. The summed E-state index contributed by atoms with van der Waals surface area (Å²) in [6.07, 6.45) is -2.79. The maximum atomic E-state index is 10.1. The molecule has 0 aromatic heterocycles. The van der Waals surface area contributed by atoms with Crippen LogP contribution in [0.3, 0.4) is 0 Å². The van der Waals surface area contributed by atoms with Gasteiger partial charge in [0.2, 0.25) is 0 Å². The van der Waals surface area contributed by atoms with E-state index in [1.165, 1.54) is 12.1 Å². The van der Waals surface area contributed by atoms with Crippen LogP contribution in [-0.4, -0.2) is 20.4 Å². The van der Waals surface area contributed by atoms with E-state index in [9.17, 15) is 20.4 Å². The minimum atomic E-state index is -1.39. The maximum absolute atomic E-state index is 10.1. The van der Waals surface area contributed by atoms with E-state index < -0.39 is 12.6 Å². The second kappa shape index (κ2) is 6.13. The standard InChI is InChI=1S/C16H18O5/c1-9-11(5-3-7-13(9)17)15(19)21-16(20)12-6-4-8-14(18)10(12)2/h3-8,15-20H,1-2H3. The Morgan fingerprint density at radius 1 is 0.762 bits per heavy atom. The Kier molecular flexibility index (Phi) is 4.47. The molecule has 21 heavy (non-hydrogen) atoms. The van der Waals surface area contributed by atoms with Crippen LogP contribution >= 0.6 is 0 Å². The van der Waals surface area contributed by atoms with Crippen molar-refractivity contribution in [3.63, 3.8) is 0 Å². The molecule has 5 heteroatoms. The molecule has 2 atom stereocenters. The van der Waals surface area contributed by atoms with Crippen LogP contribution in [0.4, 0.5) is 0 Å². The van der Waals surface area contributed by atoms with Crippen molar-refractivity contribution >= 4 is 0 Å². The topological polar surface area (TPSA) is 90.2 Å². The molecule has 0 spiro atoms. The number of hydrogen-bond donors (Lipinski definition) is 4. The monoisotopic (exact) mass is 290 g/mol. The molecule has 0 saturated heterocycles. The number of rotatable bonds is 4. The minimum absolute atomic E-state index is 0.0400.